The molecule has 7 nitrogen and oxygen atoms in total. The van der Waals surface area contributed by atoms with Gasteiger partial charge in [-0.3, -0.25) is 4.79 Å². The molecule has 0 aliphatic heterocycles. The smallest absolute Gasteiger partial charge is 0.262 e. The van der Waals surface area contributed by atoms with Crippen molar-refractivity contribution in [2.75, 3.05) is 17.2 Å². The van der Waals surface area contributed by atoms with Gasteiger partial charge in [-0.15, -0.1) is 0 Å². The SMILES string of the molecule is Cc1ccc(NC(=O)COc2ccc3ccccc3c2CNc2ncn[nH]2)cc1. The molecule has 0 spiro atoms. The van der Waals surface area contributed by atoms with Gasteiger partial charge in [-0.2, -0.15) is 5.10 Å². The molecule has 1 heterocycles. The van der Waals surface area contributed by atoms with E-state index in [9.17, 15) is 4.79 Å². The third kappa shape index (κ3) is 4.52. The molecular formula is C22H21N5O2. The van der Waals surface area contributed by atoms with E-state index >= 15 is 0 Å². The minimum Gasteiger partial charge on any atom is -0.483 e. The number of benzene rings is 3. The van der Waals surface area contributed by atoms with E-state index in [0.29, 0.717) is 18.2 Å². The molecule has 0 fully saturated rings. The zero-order valence-electron chi connectivity index (χ0n) is 16.0. The number of hydrogen-bond acceptors (Lipinski definition) is 5. The quantitative estimate of drug-likeness (QED) is 0.447. The van der Waals surface area contributed by atoms with E-state index < -0.39 is 0 Å². The Morgan fingerprint density at radius 1 is 1.07 bits per heavy atom. The lowest BCUT2D eigenvalue weighted by atomic mass is 10.0. The van der Waals surface area contributed by atoms with E-state index in [1.54, 1.807) is 0 Å². The Balaban J connectivity index is 1.50. The number of aromatic amines is 1. The van der Waals surface area contributed by atoms with Crippen molar-refractivity contribution < 1.29 is 9.53 Å². The molecule has 0 aliphatic rings. The average Bonchev–Trinajstić information content (AvgIpc) is 3.26. The summed E-state index contributed by atoms with van der Waals surface area (Å²) in [4.78, 5) is 16.4. The summed E-state index contributed by atoms with van der Waals surface area (Å²) in [7, 11) is 0. The van der Waals surface area contributed by atoms with Gasteiger partial charge in [-0.05, 0) is 35.9 Å². The van der Waals surface area contributed by atoms with Crippen LogP contribution >= 0.6 is 0 Å². The van der Waals surface area contributed by atoms with E-state index in [2.05, 4.69) is 25.8 Å². The molecule has 4 aromatic rings. The summed E-state index contributed by atoms with van der Waals surface area (Å²) < 4.78 is 5.87. The van der Waals surface area contributed by atoms with Crippen molar-refractivity contribution in [1.82, 2.24) is 15.2 Å². The molecule has 7 heteroatoms. The Bertz CT molecular complexity index is 1110. The zero-order chi connectivity index (χ0) is 20.1. The highest BCUT2D eigenvalue weighted by Crippen LogP contribution is 2.28. The third-order valence-electron chi connectivity index (χ3n) is 4.54. The van der Waals surface area contributed by atoms with Crippen molar-refractivity contribution in [3.8, 4) is 5.75 Å². The Hall–Kier alpha value is -3.87. The number of aryl methyl sites for hydroxylation is 1. The summed E-state index contributed by atoms with van der Waals surface area (Å²) in [6.45, 7) is 2.40. The van der Waals surface area contributed by atoms with Gasteiger partial charge in [-0.1, -0.05) is 48.0 Å². The van der Waals surface area contributed by atoms with Crippen molar-refractivity contribution in [1.29, 1.82) is 0 Å². The molecule has 3 aromatic carbocycles. The van der Waals surface area contributed by atoms with Gasteiger partial charge >= 0.3 is 0 Å². The molecule has 0 radical (unpaired) electrons. The molecule has 0 saturated carbocycles. The highest BCUT2D eigenvalue weighted by atomic mass is 16.5. The first-order valence-corrected chi connectivity index (χ1v) is 9.28. The normalized spacial score (nSPS) is 10.7. The number of aromatic nitrogens is 3. The second-order valence-corrected chi connectivity index (χ2v) is 6.65. The second kappa shape index (κ2) is 8.43. The van der Waals surface area contributed by atoms with Gasteiger partial charge in [0.2, 0.25) is 5.95 Å². The predicted molar refractivity (Wildman–Crippen MR) is 113 cm³/mol. The molecule has 1 amide bonds. The molecule has 0 atom stereocenters. The molecule has 0 aliphatic carbocycles. The molecule has 0 unspecified atom stereocenters. The van der Waals surface area contributed by atoms with Crippen molar-refractivity contribution in [3.63, 3.8) is 0 Å². The first-order chi connectivity index (χ1) is 14.2. The maximum absolute atomic E-state index is 12.3. The Morgan fingerprint density at radius 3 is 2.69 bits per heavy atom. The number of anilines is 2. The van der Waals surface area contributed by atoms with Crippen molar-refractivity contribution in [2.45, 2.75) is 13.5 Å². The molecule has 0 saturated heterocycles. The lowest BCUT2D eigenvalue weighted by molar-refractivity contribution is -0.118. The van der Waals surface area contributed by atoms with Gasteiger partial charge in [0.1, 0.15) is 12.1 Å². The second-order valence-electron chi connectivity index (χ2n) is 6.65. The summed E-state index contributed by atoms with van der Waals surface area (Å²) in [6.07, 6.45) is 1.44. The highest BCUT2D eigenvalue weighted by Gasteiger charge is 2.12. The molecule has 4 rings (SSSR count). The fourth-order valence-electron chi connectivity index (χ4n) is 3.07. The number of carbonyl (C=O) groups is 1. The van der Waals surface area contributed by atoms with E-state index in [4.69, 9.17) is 4.74 Å². The van der Waals surface area contributed by atoms with Gasteiger partial charge in [0.25, 0.3) is 5.91 Å². The van der Waals surface area contributed by atoms with Gasteiger partial charge in [0, 0.05) is 17.8 Å². The van der Waals surface area contributed by atoms with Gasteiger partial charge in [-0.25, -0.2) is 10.1 Å². The summed E-state index contributed by atoms with van der Waals surface area (Å²) >= 11 is 0. The van der Waals surface area contributed by atoms with Crippen LogP contribution in [0.2, 0.25) is 0 Å². The summed E-state index contributed by atoms with van der Waals surface area (Å²) in [5.74, 6) is 1.01. The van der Waals surface area contributed by atoms with Crippen LogP contribution in [0.5, 0.6) is 5.75 Å². The first-order valence-electron chi connectivity index (χ1n) is 9.28. The zero-order valence-corrected chi connectivity index (χ0v) is 16.0. The summed E-state index contributed by atoms with van der Waals surface area (Å²) in [6, 6.07) is 19.6. The van der Waals surface area contributed by atoms with Crippen molar-refractivity contribution >= 4 is 28.3 Å². The Labute approximate surface area is 168 Å². The van der Waals surface area contributed by atoms with Crippen LogP contribution in [-0.4, -0.2) is 27.7 Å². The van der Waals surface area contributed by atoms with E-state index in [1.165, 1.54) is 6.33 Å². The van der Waals surface area contributed by atoms with Crippen LogP contribution in [0.1, 0.15) is 11.1 Å². The summed E-state index contributed by atoms with van der Waals surface area (Å²) in [5.41, 5.74) is 2.83. The fraction of sp³-hybridized carbons (Fsp3) is 0.136. The number of carbonyl (C=O) groups excluding carboxylic acids is 1. The van der Waals surface area contributed by atoms with E-state index in [-0.39, 0.29) is 12.5 Å². The third-order valence-corrected chi connectivity index (χ3v) is 4.54. The lowest BCUT2D eigenvalue weighted by Crippen LogP contribution is -2.20. The number of hydrogen-bond donors (Lipinski definition) is 3. The highest BCUT2D eigenvalue weighted by molar-refractivity contribution is 5.92. The number of fused-ring (bicyclic) bond motifs is 1. The van der Waals surface area contributed by atoms with Gasteiger partial charge in [0.05, 0.1) is 0 Å². The lowest BCUT2D eigenvalue weighted by Gasteiger charge is -2.15. The largest absolute Gasteiger partial charge is 0.483 e. The van der Waals surface area contributed by atoms with Crippen LogP contribution in [0, 0.1) is 6.92 Å². The number of H-pyrrole nitrogens is 1. The topological polar surface area (TPSA) is 91.9 Å². The number of ether oxygens (including phenoxy) is 1. The minimum absolute atomic E-state index is 0.0818. The standard InChI is InChI=1S/C22H21N5O2/c1-15-6-9-17(10-7-15)26-21(28)13-29-20-11-8-16-4-2-3-5-18(16)19(20)12-23-22-24-14-25-27-22/h2-11,14H,12-13H2,1H3,(H,26,28)(H2,23,24,25,27). The van der Waals surface area contributed by atoms with Crippen LogP contribution in [0.4, 0.5) is 11.6 Å². The maximum atomic E-state index is 12.3. The van der Waals surface area contributed by atoms with Crippen LogP contribution in [0.15, 0.2) is 67.0 Å². The number of nitrogens with one attached hydrogen (secondary N) is 3. The van der Waals surface area contributed by atoms with Crippen LogP contribution in [-0.2, 0) is 11.3 Å². The molecule has 29 heavy (non-hydrogen) atoms. The molecule has 0 bridgehead atoms. The van der Waals surface area contributed by atoms with Crippen LogP contribution in [0.3, 0.4) is 0 Å². The van der Waals surface area contributed by atoms with Crippen LogP contribution < -0.4 is 15.4 Å². The Morgan fingerprint density at radius 2 is 1.90 bits per heavy atom. The maximum Gasteiger partial charge on any atom is 0.262 e. The minimum atomic E-state index is -0.212. The molecular weight excluding hydrogens is 366 g/mol. The number of rotatable bonds is 7. The first kappa shape index (κ1) is 18.5. The molecule has 3 N–H and O–H groups in total. The van der Waals surface area contributed by atoms with E-state index in [1.807, 2.05) is 67.6 Å². The monoisotopic (exact) mass is 387 g/mol. The van der Waals surface area contributed by atoms with Crippen LogP contribution in [0.25, 0.3) is 10.8 Å². The average molecular weight is 387 g/mol. The van der Waals surface area contributed by atoms with Crippen molar-refractivity contribution in [3.05, 3.63) is 78.1 Å². The molecule has 146 valence electrons. The van der Waals surface area contributed by atoms with E-state index in [0.717, 1.165) is 27.6 Å². The number of amides is 1. The summed E-state index contributed by atoms with van der Waals surface area (Å²) in [5, 5.41) is 14.8. The molecule has 1 aromatic heterocycles. The fourth-order valence-corrected chi connectivity index (χ4v) is 3.07. The van der Waals surface area contributed by atoms with Crippen molar-refractivity contribution in [2.24, 2.45) is 0 Å². The van der Waals surface area contributed by atoms with Gasteiger partial charge < -0.3 is 15.4 Å². The number of nitrogens with zero attached hydrogens (tertiary/aromatic N) is 2. The van der Waals surface area contributed by atoms with Gasteiger partial charge in [0.15, 0.2) is 6.61 Å². The predicted octanol–water partition coefficient (Wildman–Crippen LogP) is 3.90. The Kier molecular flexibility index (Phi) is 5.38.